The molecule has 0 spiro atoms. The summed E-state index contributed by atoms with van der Waals surface area (Å²) < 4.78 is 63.0. The molecule has 0 amide bonds. The molecule has 0 aliphatic rings. The number of alkyl halides is 4. The highest BCUT2D eigenvalue weighted by atomic mass is 19.3. The maximum atomic E-state index is 12.6. The fraction of sp³-hybridized carbons (Fsp3) is 0.467. The van der Waals surface area contributed by atoms with Gasteiger partial charge in [0.05, 0.1) is 20.0 Å². The van der Waals surface area contributed by atoms with E-state index in [4.69, 9.17) is 9.47 Å². The third kappa shape index (κ3) is 6.05. The Morgan fingerprint density at radius 2 is 1.75 bits per heavy atom. The van der Waals surface area contributed by atoms with Crippen molar-refractivity contribution in [1.29, 1.82) is 0 Å². The van der Waals surface area contributed by atoms with E-state index in [1.165, 1.54) is 13.2 Å². The van der Waals surface area contributed by atoms with Crippen LogP contribution in [0.3, 0.4) is 0 Å². The van der Waals surface area contributed by atoms with Gasteiger partial charge in [-0.1, -0.05) is 6.07 Å². The number of carbonyl (C=O) groups is 2. The van der Waals surface area contributed by atoms with Gasteiger partial charge in [-0.3, -0.25) is 9.59 Å². The lowest BCUT2D eigenvalue weighted by atomic mass is 10.2. The SMILES string of the molecule is COc1ccc(C)cc1OC(=O)CCC(=O)OCC(F)(F)C(F)F. The van der Waals surface area contributed by atoms with Crippen molar-refractivity contribution in [3.05, 3.63) is 23.8 Å². The standard InChI is InChI=1S/C15H16F4O5/c1-9-3-4-10(22-2)11(7-9)24-13(21)6-5-12(20)23-8-15(18,19)14(16)17/h3-4,7,14H,5-6,8H2,1-2H3. The summed E-state index contributed by atoms with van der Waals surface area (Å²) >= 11 is 0. The zero-order valence-corrected chi connectivity index (χ0v) is 13.0. The fourth-order valence-electron chi connectivity index (χ4n) is 1.55. The smallest absolute Gasteiger partial charge is 0.340 e. The number of hydrogen-bond donors (Lipinski definition) is 0. The Morgan fingerprint density at radius 1 is 1.12 bits per heavy atom. The number of aryl methyl sites for hydroxylation is 1. The van der Waals surface area contributed by atoms with Crippen molar-refractivity contribution in [3.63, 3.8) is 0 Å². The summed E-state index contributed by atoms with van der Waals surface area (Å²) in [4.78, 5) is 22.9. The normalized spacial score (nSPS) is 11.3. The van der Waals surface area contributed by atoms with E-state index in [1.807, 2.05) is 0 Å². The van der Waals surface area contributed by atoms with Gasteiger partial charge < -0.3 is 14.2 Å². The first-order valence-electron chi connectivity index (χ1n) is 6.82. The first-order valence-corrected chi connectivity index (χ1v) is 6.82. The number of halogens is 4. The van der Waals surface area contributed by atoms with E-state index in [-0.39, 0.29) is 5.75 Å². The van der Waals surface area contributed by atoms with Gasteiger partial charge >= 0.3 is 24.3 Å². The molecule has 0 saturated carbocycles. The van der Waals surface area contributed by atoms with Crippen LogP contribution in [0, 0.1) is 6.92 Å². The molecule has 0 aliphatic carbocycles. The van der Waals surface area contributed by atoms with Crippen LogP contribution in [0.2, 0.25) is 0 Å². The van der Waals surface area contributed by atoms with Crippen LogP contribution in [0.4, 0.5) is 17.6 Å². The van der Waals surface area contributed by atoms with Gasteiger partial charge in [-0.15, -0.1) is 0 Å². The highest BCUT2D eigenvalue weighted by Gasteiger charge is 2.42. The van der Waals surface area contributed by atoms with Crippen molar-refractivity contribution in [2.75, 3.05) is 13.7 Å². The number of benzene rings is 1. The largest absolute Gasteiger partial charge is 0.493 e. The number of methoxy groups -OCH3 is 1. The Hall–Kier alpha value is -2.32. The summed E-state index contributed by atoms with van der Waals surface area (Å²) in [5.41, 5.74) is 0.798. The molecule has 24 heavy (non-hydrogen) atoms. The first-order chi connectivity index (χ1) is 11.2. The average molecular weight is 352 g/mol. The monoisotopic (exact) mass is 352 g/mol. The maximum Gasteiger partial charge on any atom is 0.340 e. The van der Waals surface area contributed by atoms with Crippen LogP contribution in [0.5, 0.6) is 11.5 Å². The minimum Gasteiger partial charge on any atom is -0.493 e. The van der Waals surface area contributed by atoms with Gasteiger partial charge in [-0.2, -0.15) is 8.78 Å². The lowest BCUT2D eigenvalue weighted by molar-refractivity contribution is -0.180. The lowest BCUT2D eigenvalue weighted by Crippen LogP contribution is -2.33. The topological polar surface area (TPSA) is 61.8 Å². The summed E-state index contributed by atoms with van der Waals surface area (Å²) in [6.45, 7) is 0.0155. The maximum absolute atomic E-state index is 12.6. The molecule has 0 saturated heterocycles. The van der Waals surface area contributed by atoms with Crippen molar-refractivity contribution in [1.82, 2.24) is 0 Å². The summed E-state index contributed by atoms with van der Waals surface area (Å²) in [6, 6.07) is 4.85. The molecule has 0 aliphatic heterocycles. The van der Waals surface area contributed by atoms with Crippen molar-refractivity contribution < 1.29 is 41.4 Å². The highest BCUT2D eigenvalue weighted by Crippen LogP contribution is 2.28. The van der Waals surface area contributed by atoms with Crippen molar-refractivity contribution in [2.45, 2.75) is 32.1 Å². The molecule has 0 aromatic heterocycles. The second-order valence-corrected chi connectivity index (χ2v) is 4.85. The predicted molar refractivity (Wildman–Crippen MR) is 74.5 cm³/mol. The van der Waals surface area contributed by atoms with E-state index in [0.29, 0.717) is 5.75 Å². The van der Waals surface area contributed by atoms with Gasteiger partial charge in [0.25, 0.3) is 0 Å². The van der Waals surface area contributed by atoms with Gasteiger partial charge in [-0.05, 0) is 24.6 Å². The lowest BCUT2D eigenvalue weighted by Gasteiger charge is -2.15. The van der Waals surface area contributed by atoms with E-state index in [9.17, 15) is 27.2 Å². The highest BCUT2D eigenvalue weighted by molar-refractivity contribution is 5.79. The Bertz CT molecular complexity index is 589. The molecule has 0 radical (unpaired) electrons. The zero-order chi connectivity index (χ0) is 18.3. The van der Waals surface area contributed by atoms with E-state index in [1.54, 1.807) is 19.1 Å². The van der Waals surface area contributed by atoms with E-state index < -0.39 is 43.7 Å². The fourth-order valence-corrected chi connectivity index (χ4v) is 1.55. The van der Waals surface area contributed by atoms with E-state index in [2.05, 4.69) is 4.74 Å². The average Bonchev–Trinajstić information content (AvgIpc) is 2.51. The molecule has 0 heterocycles. The number of esters is 2. The number of hydrogen-bond acceptors (Lipinski definition) is 5. The number of ether oxygens (including phenoxy) is 3. The Morgan fingerprint density at radius 3 is 2.33 bits per heavy atom. The molecule has 0 unspecified atom stereocenters. The summed E-state index contributed by atoms with van der Waals surface area (Å²) in [7, 11) is 1.38. The van der Waals surface area contributed by atoms with Crippen LogP contribution in [-0.4, -0.2) is 38.0 Å². The molecule has 0 fully saturated rings. The van der Waals surface area contributed by atoms with Crippen LogP contribution in [0.1, 0.15) is 18.4 Å². The van der Waals surface area contributed by atoms with Crippen molar-refractivity contribution in [2.24, 2.45) is 0 Å². The minimum absolute atomic E-state index is 0.139. The molecule has 0 bridgehead atoms. The van der Waals surface area contributed by atoms with Crippen LogP contribution >= 0.6 is 0 Å². The molecule has 1 rings (SSSR count). The second kappa shape index (κ2) is 8.51. The minimum atomic E-state index is -4.43. The summed E-state index contributed by atoms with van der Waals surface area (Å²) in [6.07, 6.45) is -4.98. The van der Waals surface area contributed by atoms with Gasteiger partial charge in [-0.25, -0.2) is 8.78 Å². The van der Waals surface area contributed by atoms with Crippen molar-refractivity contribution in [3.8, 4) is 11.5 Å². The molecule has 0 N–H and O–H groups in total. The molecule has 9 heteroatoms. The van der Waals surface area contributed by atoms with Gasteiger partial charge in [0, 0.05) is 0 Å². The Labute approximate surface area is 135 Å². The Kier molecular flexibility index (Phi) is 6.99. The van der Waals surface area contributed by atoms with Gasteiger partial charge in [0.1, 0.15) is 0 Å². The first kappa shape index (κ1) is 19.7. The summed E-state index contributed by atoms with van der Waals surface area (Å²) in [5.74, 6) is -6.02. The van der Waals surface area contributed by atoms with Crippen LogP contribution in [-0.2, 0) is 14.3 Å². The third-order valence-electron chi connectivity index (χ3n) is 2.82. The number of rotatable bonds is 8. The van der Waals surface area contributed by atoms with Crippen LogP contribution < -0.4 is 9.47 Å². The molecular formula is C15H16F4O5. The molecule has 1 aromatic carbocycles. The zero-order valence-electron chi connectivity index (χ0n) is 13.0. The van der Waals surface area contributed by atoms with E-state index >= 15 is 0 Å². The van der Waals surface area contributed by atoms with E-state index in [0.717, 1.165) is 5.56 Å². The Balaban J connectivity index is 2.47. The predicted octanol–water partition coefficient (Wildman–Crippen LogP) is 3.13. The van der Waals surface area contributed by atoms with Gasteiger partial charge in [0.2, 0.25) is 0 Å². The molecule has 0 atom stereocenters. The molecule has 1 aromatic rings. The molecule has 134 valence electrons. The quantitative estimate of drug-likeness (QED) is 0.409. The summed E-state index contributed by atoms with van der Waals surface area (Å²) in [5, 5.41) is 0. The molecule has 5 nitrogen and oxygen atoms in total. The second-order valence-electron chi connectivity index (χ2n) is 4.85. The van der Waals surface area contributed by atoms with Gasteiger partial charge in [0.15, 0.2) is 18.1 Å². The third-order valence-corrected chi connectivity index (χ3v) is 2.82. The number of carbonyl (C=O) groups excluding carboxylic acids is 2. The van der Waals surface area contributed by atoms with Crippen LogP contribution in [0.25, 0.3) is 0 Å². The molecular weight excluding hydrogens is 336 g/mol. The van der Waals surface area contributed by atoms with Crippen LogP contribution in [0.15, 0.2) is 18.2 Å². The van der Waals surface area contributed by atoms with Crippen molar-refractivity contribution >= 4 is 11.9 Å².